The van der Waals surface area contributed by atoms with Crippen molar-refractivity contribution in [3.63, 3.8) is 0 Å². The summed E-state index contributed by atoms with van der Waals surface area (Å²) < 4.78 is 1.68. The highest BCUT2D eigenvalue weighted by Crippen LogP contribution is 2.24. The topological polar surface area (TPSA) is 41.4 Å². The highest BCUT2D eigenvalue weighted by atomic mass is 35.5. The molecule has 134 valence electrons. The molecule has 8 heteroatoms. The van der Waals surface area contributed by atoms with Crippen LogP contribution >= 0.6 is 34.8 Å². The van der Waals surface area contributed by atoms with Gasteiger partial charge in [0.2, 0.25) is 0 Å². The summed E-state index contributed by atoms with van der Waals surface area (Å²) in [5.74, 6) is -0.105. The number of hydrogen-bond donors (Lipinski definition) is 0. The van der Waals surface area contributed by atoms with Gasteiger partial charge >= 0.3 is 0 Å². The van der Waals surface area contributed by atoms with Crippen LogP contribution in [-0.2, 0) is 13.1 Å². The minimum Gasteiger partial charge on any atom is -0.335 e. The van der Waals surface area contributed by atoms with Crippen LogP contribution in [0.5, 0.6) is 0 Å². The van der Waals surface area contributed by atoms with Crippen LogP contribution in [0.3, 0.4) is 0 Å². The molecule has 25 heavy (non-hydrogen) atoms. The summed E-state index contributed by atoms with van der Waals surface area (Å²) in [5.41, 5.74) is 1.44. The smallest absolute Gasteiger partial charge is 0.276 e. The number of nitrogens with zero attached hydrogens (tertiary/aromatic N) is 4. The summed E-state index contributed by atoms with van der Waals surface area (Å²) in [6.45, 7) is 6.30. The maximum atomic E-state index is 12.6. The Bertz CT molecular complexity index is 769. The van der Waals surface area contributed by atoms with Crippen molar-refractivity contribution in [1.29, 1.82) is 0 Å². The number of carbonyl (C=O) groups excluding carboxylic acids is 1. The zero-order chi connectivity index (χ0) is 18.0. The standard InChI is InChI=1S/C17H19Cl3N4O/c1-2-24-11-15(20)16(21-24)17(25)23-7-5-22(6-8-23)10-12-3-4-13(18)14(19)9-12/h3-4,9,11H,2,5-8,10H2,1H3. The minimum absolute atomic E-state index is 0.105. The second-order valence-corrected chi connectivity index (χ2v) is 7.22. The predicted octanol–water partition coefficient (Wildman–Crippen LogP) is 3.82. The number of halogens is 3. The van der Waals surface area contributed by atoms with Gasteiger partial charge in [-0.3, -0.25) is 14.4 Å². The average Bonchev–Trinajstić information content (AvgIpc) is 2.99. The van der Waals surface area contributed by atoms with Crippen molar-refractivity contribution >= 4 is 40.7 Å². The van der Waals surface area contributed by atoms with Gasteiger partial charge in [0.25, 0.3) is 5.91 Å². The molecule has 0 saturated carbocycles. The highest BCUT2D eigenvalue weighted by molar-refractivity contribution is 6.42. The Kier molecular flexibility index (Phi) is 5.89. The van der Waals surface area contributed by atoms with E-state index in [1.807, 2.05) is 25.1 Å². The van der Waals surface area contributed by atoms with E-state index in [0.29, 0.717) is 40.4 Å². The Labute approximate surface area is 162 Å². The van der Waals surface area contributed by atoms with Crippen LogP contribution in [0, 0.1) is 0 Å². The second kappa shape index (κ2) is 7.96. The molecule has 0 radical (unpaired) electrons. The molecule has 0 atom stereocenters. The number of carbonyl (C=O) groups is 1. The zero-order valence-corrected chi connectivity index (χ0v) is 16.2. The molecular weight excluding hydrogens is 383 g/mol. The van der Waals surface area contributed by atoms with Crippen LogP contribution in [0.4, 0.5) is 0 Å². The molecular formula is C17H19Cl3N4O. The Morgan fingerprint density at radius 2 is 1.80 bits per heavy atom. The molecule has 2 heterocycles. The number of hydrogen-bond acceptors (Lipinski definition) is 3. The fourth-order valence-electron chi connectivity index (χ4n) is 2.86. The molecule has 1 amide bonds. The summed E-state index contributed by atoms with van der Waals surface area (Å²) in [7, 11) is 0. The Balaban J connectivity index is 1.58. The molecule has 1 aliphatic heterocycles. The lowest BCUT2D eigenvalue weighted by atomic mass is 10.2. The maximum absolute atomic E-state index is 12.6. The molecule has 1 aromatic heterocycles. The first-order chi connectivity index (χ1) is 12.0. The summed E-state index contributed by atoms with van der Waals surface area (Å²) in [6.07, 6.45) is 1.69. The van der Waals surface area contributed by atoms with Crippen molar-refractivity contribution in [3.8, 4) is 0 Å². The molecule has 0 spiro atoms. The number of piperazine rings is 1. The fraction of sp³-hybridized carbons (Fsp3) is 0.412. The lowest BCUT2D eigenvalue weighted by molar-refractivity contribution is 0.0622. The van der Waals surface area contributed by atoms with E-state index >= 15 is 0 Å². The third-order valence-electron chi connectivity index (χ3n) is 4.29. The van der Waals surface area contributed by atoms with Crippen LogP contribution in [0.2, 0.25) is 15.1 Å². The molecule has 0 unspecified atom stereocenters. The van der Waals surface area contributed by atoms with E-state index in [0.717, 1.165) is 25.2 Å². The summed E-state index contributed by atoms with van der Waals surface area (Å²) >= 11 is 18.2. The van der Waals surface area contributed by atoms with Gasteiger partial charge in [-0.15, -0.1) is 0 Å². The third-order valence-corrected chi connectivity index (χ3v) is 5.31. The number of amides is 1. The molecule has 2 aromatic rings. The molecule has 3 rings (SSSR count). The van der Waals surface area contributed by atoms with Crippen LogP contribution < -0.4 is 0 Å². The Morgan fingerprint density at radius 1 is 1.08 bits per heavy atom. The van der Waals surface area contributed by atoms with Crippen LogP contribution in [0.1, 0.15) is 23.0 Å². The van der Waals surface area contributed by atoms with Crippen molar-refractivity contribution < 1.29 is 4.79 Å². The van der Waals surface area contributed by atoms with Crippen LogP contribution in [-0.4, -0.2) is 51.7 Å². The quantitative estimate of drug-likeness (QED) is 0.782. The Hall–Kier alpha value is -1.27. The molecule has 1 saturated heterocycles. The third kappa shape index (κ3) is 4.29. The van der Waals surface area contributed by atoms with Crippen molar-refractivity contribution in [1.82, 2.24) is 19.6 Å². The number of aryl methyl sites for hydroxylation is 1. The maximum Gasteiger partial charge on any atom is 0.276 e. The van der Waals surface area contributed by atoms with E-state index in [1.54, 1.807) is 15.8 Å². The van der Waals surface area contributed by atoms with Gasteiger partial charge in [-0.1, -0.05) is 40.9 Å². The molecule has 1 fully saturated rings. The van der Waals surface area contributed by atoms with E-state index in [2.05, 4.69) is 10.00 Å². The zero-order valence-electron chi connectivity index (χ0n) is 13.9. The van der Waals surface area contributed by atoms with Gasteiger partial charge in [-0.2, -0.15) is 5.10 Å². The van der Waals surface area contributed by atoms with Gasteiger partial charge in [0.05, 0.1) is 15.1 Å². The second-order valence-electron chi connectivity index (χ2n) is 6.00. The van der Waals surface area contributed by atoms with Crippen molar-refractivity contribution in [3.05, 3.63) is 50.7 Å². The van der Waals surface area contributed by atoms with Crippen molar-refractivity contribution in [2.75, 3.05) is 26.2 Å². The van der Waals surface area contributed by atoms with Gasteiger partial charge in [0.15, 0.2) is 5.69 Å². The van der Waals surface area contributed by atoms with Gasteiger partial charge in [-0.25, -0.2) is 0 Å². The SMILES string of the molecule is CCn1cc(Cl)c(C(=O)N2CCN(Cc3ccc(Cl)c(Cl)c3)CC2)n1. The monoisotopic (exact) mass is 400 g/mol. The molecule has 0 N–H and O–H groups in total. The predicted molar refractivity (Wildman–Crippen MR) is 101 cm³/mol. The summed E-state index contributed by atoms with van der Waals surface area (Å²) in [5, 5.41) is 5.79. The Morgan fingerprint density at radius 3 is 2.40 bits per heavy atom. The van der Waals surface area contributed by atoms with Crippen molar-refractivity contribution in [2.45, 2.75) is 20.0 Å². The minimum atomic E-state index is -0.105. The van der Waals surface area contributed by atoms with E-state index < -0.39 is 0 Å². The van der Waals surface area contributed by atoms with Gasteiger partial charge in [0.1, 0.15) is 0 Å². The van der Waals surface area contributed by atoms with E-state index in [-0.39, 0.29) is 5.91 Å². The molecule has 1 aromatic carbocycles. The lowest BCUT2D eigenvalue weighted by Gasteiger charge is -2.34. The highest BCUT2D eigenvalue weighted by Gasteiger charge is 2.25. The first kappa shape index (κ1) is 18.5. The summed E-state index contributed by atoms with van der Waals surface area (Å²) in [4.78, 5) is 16.7. The normalized spacial score (nSPS) is 15.6. The molecule has 0 aliphatic carbocycles. The first-order valence-electron chi connectivity index (χ1n) is 8.16. The van der Waals surface area contributed by atoms with E-state index in [9.17, 15) is 4.79 Å². The first-order valence-corrected chi connectivity index (χ1v) is 9.30. The average molecular weight is 402 g/mol. The fourth-order valence-corrected chi connectivity index (χ4v) is 3.41. The van der Waals surface area contributed by atoms with Gasteiger partial charge in [0, 0.05) is 45.5 Å². The number of rotatable bonds is 4. The van der Waals surface area contributed by atoms with E-state index in [1.165, 1.54) is 0 Å². The van der Waals surface area contributed by atoms with Crippen molar-refractivity contribution in [2.24, 2.45) is 0 Å². The van der Waals surface area contributed by atoms with Gasteiger partial charge < -0.3 is 4.90 Å². The van der Waals surface area contributed by atoms with Gasteiger partial charge in [-0.05, 0) is 24.6 Å². The summed E-state index contributed by atoms with van der Waals surface area (Å²) in [6, 6.07) is 5.67. The number of aromatic nitrogens is 2. The number of benzene rings is 1. The largest absolute Gasteiger partial charge is 0.335 e. The molecule has 5 nitrogen and oxygen atoms in total. The van der Waals surface area contributed by atoms with E-state index in [4.69, 9.17) is 34.8 Å². The molecule has 0 bridgehead atoms. The van der Waals surface area contributed by atoms with Crippen LogP contribution in [0.15, 0.2) is 24.4 Å². The van der Waals surface area contributed by atoms with Crippen LogP contribution in [0.25, 0.3) is 0 Å². The molecule has 1 aliphatic rings. The lowest BCUT2D eigenvalue weighted by Crippen LogP contribution is -2.48.